The van der Waals surface area contributed by atoms with E-state index in [9.17, 15) is 0 Å². The average molecular weight is 368 g/mol. The van der Waals surface area contributed by atoms with Gasteiger partial charge in [-0.2, -0.15) is 0 Å². The standard InChI is InChI=1S/C23H28O4/c1-21(2,17-5-9-19(10-6-17)24-13-22(3)15-26-22)18-7-11-20(12-8-18)25-14-23(4)16-27-23/h5-12H,13-16H2,1-4H3. The van der Waals surface area contributed by atoms with Crippen LogP contribution in [0.1, 0.15) is 38.8 Å². The van der Waals surface area contributed by atoms with Crippen molar-refractivity contribution < 1.29 is 18.9 Å². The van der Waals surface area contributed by atoms with Crippen LogP contribution >= 0.6 is 0 Å². The summed E-state index contributed by atoms with van der Waals surface area (Å²) in [5, 5.41) is 0. The second kappa shape index (κ2) is 6.54. The van der Waals surface area contributed by atoms with Crippen molar-refractivity contribution in [3.05, 3.63) is 59.7 Å². The topological polar surface area (TPSA) is 43.5 Å². The second-order valence-corrected chi connectivity index (χ2v) is 8.73. The maximum Gasteiger partial charge on any atom is 0.123 e. The molecule has 2 heterocycles. The largest absolute Gasteiger partial charge is 0.491 e. The van der Waals surface area contributed by atoms with Gasteiger partial charge in [0.05, 0.1) is 13.2 Å². The van der Waals surface area contributed by atoms with E-state index in [1.54, 1.807) is 0 Å². The molecule has 2 aromatic rings. The van der Waals surface area contributed by atoms with Crippen LogP contribution in [0.4, 0.5) is 0 Å². The van der Waals surface area contributed by atoms with Gasteiger partial charge in [-0.25, -0.2) is 0 Å². The predicted octanol–water partition coefficient (Wildman–Crippen LogP) is 4.35. The second-order valence-electron chi connectivity index (χ2n) is 8.73. The van der Waals surface area contributed by atoms with E-state index >= 15 is 0 Å². The molecular formula is C23H28O4. The van der Waals surface area contributed by atoms with Gasteiger partial charge in [-0.1, -0.05) is 38.1 Å². The number of rotatable bonds is 8. The molecule has 4 rings (SSSR count). The fourth-order valence-electron chi connectivity index (χ4n) is 2.99. The van der Waals surface area contributed by atoms with Gasteiger partial charge in [-0.15, -0.1) is 0 Å². The number of ether oxygens (including phenoxy) is 4. The molecule has 0 bridgehead atoms. The molecule has 0 spiro atoms. The molecule has 0 amide bonds. The molecule has 0 aromatic heterocycles. The van der Waals surface area contributed by atoms with Gasteiger partial charge in [0.1, 0.15) is 35.9 Å². The molecule has 2 atom stereocenters. The Kier molecular flexibility index (Phi) is 4.44. The van der Waals surface area contributed by atoms with Crippen LogP contribution in [0.5, 0.6) is 11.5 Å². The molecule has 27 heavy (non-hydrogen) atoms. The van der Waals surface area contributed by atoms with Gasteiger partial charge in [-0.3, -0.25) is 0 Å². The Labute approximate surface area is 161 Å². The van der Waals surface area contributed by atoms with Gasteiger partial charge in [-0.05, 0) is 49.2 Å². The van der Waals surface area contributed by atoms with Crippen LogP contribution < -0.4 is 9.47 Å². The van der Waals surface area contributed by atoms with Crippen molar-refractivity contribution >= 4 is 0 Å². The van der Waals surface area contributed by atoms with E-state index in [1.165, 1.54) is 11.1 Å². The molecule has 0 aliphatic carbocycles. The monoisotopic (exact) mass is 368 g/mol. The summed E-state index contributed by atoms with van der Waals surface area (Å²) in [6.45, 7) is 11.4. The number of benzene rings is 2. The van der Waals surface area contributed by atoms with E-state index < -0.39 is 0 Å². The zero-order valence-electron chi connectivity index (χ0n) is 16.6. The fraction of sp³-hybridized carbons (Fsp3) is 0.478. The van der Waals surface area contributed by atoms with Crippen molar-refractivity contribution in [1.82, 2.24) is 0 Å². The maximum absolute atomic E-state index is 5.83. The minimum absolute atomic E-state index is 0.0924. The zero-order valence-corrected chi connectivity index (χ0v) is 16.6. The molecule has 4 heteroatoms. The van der Waals surface area contributed by atoms with E-state index in [4.69, 9.17) is 18.9 Å². The fourth-order valence-corrected chi connectivity index (χ4v) is 2.99. The molecule has 2 aliphatic rings. The molecule has 2 unspecified atom stereocenters. The summed E-state index contributed by atoms with van der Waals surface area (Å²) >= 11 is 0. The van der Waals surface area contributed by atoms with Crippen molar-refractivity contribution in [2.24, 2.45) is 0 Å². The van der Waals surface area contributed by atoms with Crippen LogP contribution in [0.3, 0.4) is 0 Å². The summed E-state index contributed by atoms with van der Waals surface area (Å²) in [6, 6.07) is 16.7. The van der Waals surface area contributed by atoms with Gasteiger partial charge in [0.25, 0.3) is 0 Å². The third kappa shape index (κ3) is 4.28. The molecule has 4 nitrogen and oxygen atoms in total. The Morgan fingerprint density at radius 3 is 1.37 bits per heavy atom. The first-order chi connectivity index (χ1) is 12.8. The van der Waals surface area contributed by atoms with Crippen molar-refractivity contribution in [3.8, 4) is 11.5 Å². The summed E-state index contributed by atoms with van der Waals surface area (Å²) in [5.41, 5.74) is 2.21. The van der Waals surface area contributed by atoms with Gasteiger partial charge in [0.15, 0.2) is 0 Å². The lowest BCUT2D eigenvalue weighted by Crippen LogP contribution is -2.20. The summed E-state index contributed by atoms with van der Waals surface area (Å²) in [7, 11) is 0. The van der Waals surface area contributed by atoms with E-state index in [0.29, 0.717) is 13.2 Å². The summed E-state index contributed by atoms with van der Waals surface area (Å²) in [5.74, 6) is 1.76. The smallest absolute Gasteiger partial charge is 0.123 e. The highest BCUT2D eigenvalue weighted by Gasteiger charge is 2.40. The van der Waals surface area contributed by atoms with Gasteiger partial charge < -0.3 is 18.9 Å². The highest BCUT2D eigenvalue weighted by Crippen LogP contribution is 2.34. The van der Waals surface area contributed by atoms with Gasteiger partial charge >= 0.3 is 0 Å². The molecule has 2 saturated heterocycles. The maximum atomic E-state index is 5.83. The molecule has 2 aliphatic heterocycles. The number of epoxide rings is 2. The molecule has 0 N–H and O–H groups in total. The van der Waals surface area contributed by atoms with E-state index in [2.05, 4.69) is 52.0 Å². The Balaban J connectivity index is 1.40. The first-order valence-electron chi connectivity index (χ1n) is 9.53. The predicted molar refractivity (Wildman–Crippen MR) is 105 cm³/mol. The SMILES string of the molecule is CC1(COc2ccc(C(C)(C)c3ccc(OCC4(C)CO4)cc3)cc2)CO1. The lowest BCUT2D eigenvalue weighted by atomic mass is 9.78. The van der Waals surface area contributed by atoms with E-state index in [-0.39, 0.29) is 16.6 Å². The highest BCUT2D eigenvalue weighted by molar-refractivity contribution is 5.41. The van der Waals surface area contributed by atoms with Gasteiger partial charge in [0.2, 0.25) is 0 Å². The van der Waals surface area contributed by atoms with Crippen LogP contribution in [-0.4, -0.2) is 37.6 Å². The molecule has 0 radical (unpaired) electrons. The minimum atomic E-state index is -0.103. The highest BCUT2D eigenvalue weighted by atomic mass is 16.6. The Bertz CT molecular complexity index is 717. The average Bonchev–Trinajstić information content (AvgIpc) is 3.59. The Hall–Kier alpha value is -2.04. The van der Waals surface area contributed by atoms with Crippen LogP contribution in [0.15, 0.2) is 48.5 Å². The Morgan fingerprint density at radius 1 is 0.741 bits per heavy atom. The van der Waals surface area contributed by atoms with Crippen LogP contribution in [-0.2, 0) is 14.9 Å². The molecule has 144 valence electrons. The first kappa shape index (κ1) is 18.3. The van der Waals surface area contributed by atoms with E-state index in [1.807, 2.05) is 24.3 Å². The van der Waals surface area contributed by atoms with Crippen molar-refractivity contribution in [3.63, 3.8) is 0 Å². The normalized spacial score (nSPS) is 26.5. The van der Waals surface area contributed by atoms with Crippen molar-refractivity contribution in [2.45, 2.75) is 44.3 Å². The lowest BCUT2D eigenvalue weighted by Gasteiger charge is -2.26. The van der Waals surface area contributed by atoms with Crippen LogP contribution in [0.25, 0.3) is 0 Å². The summed E-state index contributed by atoms with van der Waals surface area (Å²) < 4.78 is 22.4. The minimum Gasteiger partial charge on any atom is -0.491 e. The molecule has 2 aromatic carbocycles. The van der Waals surface area contributed by atoms with Crippen LogP contribution in [0, 0.1) is 0 Å². The summed E-state index contributed by atoms with van der Waals surface area (Å²) in [4.78, 5) is 0. The van der Waals surface area contributed by atoms with Crippen molar-refractivity contribution in [2.75, 3.05) is 26.4 Å². The number of hydrogen-bond donors (Lipinski definition) is 0. The molecule has 0 saturated carbocycles. The third-order valence-corrected chi connectivity index (χ3v) is 5.51. The van der Waals surface area contributed by atoms with Crippen LogP contribution in [0.2, 0.25) is 0 Å². The quantitative estimate of drug-likeness (QED) is 0.650. The van der Waals surface area contributed by atoms with Crippen molar-refractivity contribution in [1.29, 1.82) is 0 Å². The zero-order chi connectivity index (χ0) is 19.1. The summed E-state index contributed by atoms with van der Waals surface area (Å²) in [6.07, 6.45) is 0. The molecular weight excluding hydrogens is 340 g/mol. The third-order valence-electron chi connectivity index (χ3n) is 5.51. The Morgan fingerprint density at radius 2 is 1.07 bits per heavy atom. The molecule has 2 fully saturated rings. The van der Waals surface area contributed by atoms with E-state index in [0.717, 1.165) is 24.7 Å². The lowest BCUT2D eigenvalue weighted by molar-refractivity contribution is 0.202. The van der Waals surface area contributed by atoms with Gasteiger partial charge in [0, 0.05) is 5.41 Å². The number of hydrogen-bond acceptors (Lipinski definition) is 4. The first-order valence-corrected chi connectivity index (χ1v) is 9.53.